The van der Waals surface area contributed by atoms with E-state index < -0.39 is 0 Å². The van der Waals surface area contributed by atoms with E-state index in [1.54, 1.807) is 6.92 Å². The maximum atomic E-state index is 9.08. The van der Waals surface area contributed by atoms with Crippen LogP contribution in [-0.4, -0.2) is 36.2 Å². The standard InChI is InChI=1S/C6H16N2O2/c1-3-10-6(2)8(9)5-4-7/h6,9H,3-5,7H2,1-2H3. The van der Waals surface area contributed by atoms with Crippen LogP contribution in [0.15, 0.2) is 0 Å². The molecule has 0 aromatic rings. The van der Waals surface area contributed by atoms with Crippen molar-refractivity contribution in [3.05, 3.63) is 0 Å². The number of nitrogens with zero attached hydrogens (tertiary/aromatic N) is 1. The molecular weight excluding hydrogens is 132 g/mol. The lowest BCUT2D eigenvalue weighted by molar-refractivity contribution is -0.205. The van der Waals surface area contributed by atoms with Crippen LogP contribution < -0.4 is 5.73 Å². The molecule has 0 amide bonds. The van der Waals surface area contributed by atoms with Gasteiger partial charge >= 0.3 is 0 Å². The number of hydrogen-bond acceptors (Lipinski definition) is 4. The molecule has 0 aromatic heterocycles. The molecule has 4 nitrogen and oxygen atoms in total. The lowest BCUT2D eigenvalue weighted by atomic mass is 10.5. The van der Waals surface area contributed by atoms with E-state index in [1.165, 1.54) is 0 Å². The topological polar surface area (TPSA) is 58.7 Å². The van der Waals surface area contributed by atoms with Gasteiger partial charge in [0.15, 0.2) is 0 Å². The summed E-state index contributed by atoms with van der Waals surface area (Å²) >= 11 is 0. The zero-order chi connectivity index (χ0) is 7.98. The van der Waals surface area contributed by atoms with Crippen LogP contribution in [0.1, 0.15) is 13.8 Å². The van der Waals surface area contributed by atoms with Crippen molar-refractivity contribution in [2.75, 3.05) is 19.7 Å². The van der Waals surface area contributed by atoms with Crippen molar-refractivity contribution in [2.45, 2.75) is 20.1 Å². The molecule has 3 N–H and O–H groups in total. The molecule has 1 unspecified atom stereocenters. The highest BCUT2D eigenvalue weighted by molar-refractivity contribution is 4.46. The maximum absolute atomic E-state index is 9.08. The Morgan fingerprint density at radius 3 is 2.70 bits per heavy atom. The van der Waals surface area contributed by atoms with Crippen molar-refractivity contribution in [3.8, 4) is 0 Å². The quantitative estimate of drug-likeness (QED) is 0.426. The molecule has 10 heavy (non-hydrogen) atoms. The number of nitrogens with two attached hydrogens (primary N) is 1. The molecular formula is C6H16N2O2. The minimum Gasteiger partial charge on any atom is -0.362 e. The first kappa shape index (κ1) is 9.84. The van der Waals surface area contributed by atoms with Gasteiger partial charge in [0.25, 0.3) is 0 Å². The number of hydrogen-bond donors (Lipinski definition) is 2. The Morgan fingerprint density at radius 2 is 2.30 bits per heavy atom. The predicted octanol–water partition coefficient (Wildman–Crippen LogP) is 0.0188. The summed E-state index contributed by atoms with van der Waals surface area (Å²) in [5.74, 6) is 0. The third-order valence-corrected chi connectivity index (χ3v) is 1.19. The van der Waals surface area contributed by atoms with Gasteiger partial charge in [0.05, 0.1) is 0 Å². The van der Waals surface area contributed by atoms with Crippen LogP contribution in [0.2, 0.25) is 0 Å². The van der Waals surface area contributed by atoms with E-state index in [9.17, 15) is 0 Å². The SMILES string of the molecule is CCOC(C)N(O)CCN. The van der Waals surface area contributed by atoms with Crippen molar-refractivity contribution in [1.29, 1.82) is 0 Å². The van der Waals surface area contributed by atoms with Crippen molar-refractivity contribution >= 4 is 0 Å². The monoisotopic (exact) mass is 148 g/mol. The fourth-order valence-electron chi connectivity index (χ4n) is 0.641. The Hall–Kier alpha value is -0.160. The first-order valence-corrected chi connectivity index (χ1v) is 3.49. The van der Waals surface area contributed by atoms with Gasteiger partial charge in [-0.05, 0) is 13.8 Å². The molecule has 62 valence electrons. The van der Waals surface area contributed by atoms with Crippen LogP contribution in [0.4, 0.5) is 0 Å². The third kappa shape index (κ3) is 3.79. The Balaban J connectivity index is 3.38. The van der Waals surface area contributed by atoms with Crippen LogP contribution in [0.25, 0.3) is 0 Å². The van der Waals surface area contributed by atoms with E-state index >= 15 is 0 Å². The Morgan fingerprint density at radius 1 is 1.70 bits per heavy atom. The first-order chi connectivity index (χ1) is 4.72. The van der Waals surface area contributed by atoms with Gasteiger partial charge < -0.3 is 15.7 Å². The largest absolute Gasteiger partial charge is 0.362 e. The van der Waals surface area contributed by atoms with Gasteiger partial charge in [0.2, 0.25) is 0 Å². The second kappa shape index (κ2) is 5.61. The summed E-state index contributed by atoms with van der Waals surface area (Å²) in [5, 5.41) is 10.2. The van der Waals surface area contributed by atoms with Crippen LogP contribution in [0, 0.1) is 0 Å². The molecule has 4 heteroatoms. The molecule has 0 aliphatic carbocycles. The Bertz CT molecular complexity index is 70.1. The molecule has 0 aliphatic rings. The second-order valence-corrected chi connectivity index (χ2v) is 2.01. The van der Waals surface area contributed by atoms with E-state index in [0.717, 1.165) is 5.06 Å². The molecule has 0 fully saturated rings. The van der Waals surface area contributed by atoms with E-state index in [0.29, 0.717) is 19.7 Å². The van der Waals surface area contributed by atoms with Gasteiger partial charge in [-0.2, -0.15) is 5.06 Å². The molecule has 0 saturated heterocycles. The van der Waals surface area contributed by atoms with Crippen molar-refractivity contribution in [3.63, 3.8) is 0 Å². The minimum absolute atomic E-state index is 0.256. The summed E-state index contributed by atoms with van der Waals surface area (Å²) in [6, 6.07) is 0. The van der Waals surface area contributed by atoms with E-state index in [1.807, 2.05) is 6.92 Å². The van der Waals surface area contributed by atoms with Gasteiger partial charge in [-0.15, -0.1) is 0 Å². The van der Waals surface area contributed by atoms with Gasteiger partial charge in [-0.25, -0.2) is 0 Å². The molecule has 1 atom stereocenters. The Kier molecular flexibility index (Phi) is 5.52. The van der Waals surface area contributed by atoms with Crippen LogP contribution in [-0.2, 0) is 4.74 Å². The van der Waals surface area contributed by atoms with Gasteiger partial charge in [0.1, 0.15) is 6.23 Å². The van der Waals surface area contributed by atoms with Crippen LogP contribution in [0.3, 0.4) is 0 Å². The summed E-state index contributed by atoms with van der Waals surface area (Å²) in [6.45, 7) is 5.14. The lowest BCUT2D eigenvalue weighted by Crippen LogP contribution is -2.35. The number of ether oxygens (including phenoxy) is 1. The smallest absolute Gasteiger partial charge is 0.130 e. The summed E-state index contributed by atoms with van der Waals surface area (Å²) in [4.78, 5) is 0. The molecule has 0 bridgehead atoms. The predicted molar refractivity (Wildman–Crippen MR) is 38.6 cm³/mol. The summed E-state index contributed by atoms with van der Waals surface area (Å²) in [5.41, 5.74) is 5.21. The highest BCUT2D eigenvalue weighted by atomic mass is 16.6. The zero-order valence-electron chi connectivity index (χ0n) is 6.58. The van der Waals surface area contributed by atoms with Crippen molar-refractivity contribution in [1.82, 2.24) is 5.06 Å². The molecule has 0 heterocycles. The maximum Gasteiger partial charge on any atom is 0.130 e. The minimum atomic E-state index is -0.256. The lowest BCUT2D eigenvalue weighted by Gasteiger charge is -2.20. The van der Waals surface area contributed by atoms with Crippen molar-refractivity contribution in [2.24, 2.45) is 5.73 Å². The molecule has 0 rings (SSSR count). The summed E-state index contributed by atoms with van der Waals surface area (Å²) < 4.78 is 5.08. The van der Waals surface area contributed by atoms with E-state index in [2.05, 4.69) is 0 Å². The fourth-order valence-corrected chi connectivity index (χ4v) is 0.641. The molecule has 0 aromatic carbocycles. The molecule has 0 saturated carbocycles. The number of rotatable bonds is 5. The van der Waals surface area contributed by atoms with Crippen molar-refractivity contribution < 1.29 is 9.94 Å². The third-order valence-electron chi connectivity index (χ3n) is 1.19. The second-order valence-electron chi connectivity index (χ2n) is 2.01. The average molecular weight is 148 g/mol. The van der Waals surface area contributed by atoms with E-state index in [-0.39, 0.29) is 6.23 Å². The van der Waals surface area contributed by atoms with Gasteiger partial charge in [0, 0.05) is 19.7 Å². The zero-order valence-corrected chi connectivity index (χ0v) is 6.58. The highest BCUT2D eigenvalue weighted by Gasteiger charge is 2.07. The van der Waals surface area contributed by atoms with Crippen LogP contribution >= 0.6 is 0 Å². The molecule has 0 spiro atoms. The average Bonchev–Trinajstić information content (AvgIpc) is 1.89. The normalized spacial score (nSPS) is 14.1. The van der Waals surface area contributed by atoms with Gasteiger partial charge in [-0.1, -0.05) is 0 Å². The Labute approximate surface area is 61.5 Å². The summed E-state index contributed by atoms with van der Waals surface area (Å²) in [6.07, 6.45) is -0.256. The van der Waals surface area contributed by atoms with E-state index in [4.69, 9.17) is 15.7 Å². The molecule has 0 radical (unpaired) electrons. The first-order valence-electron chi connectivity index (χ1n) is 3.49. The molecule has 0 aliphatic heterocycles. The number of hydroxylamine groups is 2. The summed E-state index contributed by atoms with van der Waals surface area (Å²) in [7, 11) is 0. The van der Waals surface area contributed by atoms with Crippen LogP contribution in [0.5, 0.6) is 0 Å². The highest BCUT2D eigenvalue weighted by Crippen LogP contribution is 1.94. The fraction of sp³-hybridized carbons (Fsp3) is 1.00. The van der Waals surface area contributed by atoms with Gasteiger partial charge in [-0.3, -0.25) is 0 Å².